The van der Waals surface area contributed by atoms with Gasteiger partial charge >= 0.3 is 0 Å². The molecule has 1 saturated heterocycles. The lowest BCUT2D eigenvalue weighted by atomic mass is 9.92. The molecule has 0 radical (unpaired) electrons. The van der Waals surface area contributed by atoms with Crippen molar-refractivity contribution in [3.63, 3.8) is 0 Å². The third-order valence-corrected chi connectivity index (χ3v) is 3.85. The van der Waals surface area contributed by atoms with Crippen molar-refractivity contribution < 1.29 is 14.3 Å². The summed E-state index contributed by atoms with van der Waals surface area (Å²) in [6.45, 7) is 5.14. The predicted molar refractivity (Wildman–Crippen MR) is 74.9 cm³/mol. The fourth-order valence-corrected chi connectivity index (χ4v) is 2.81. The van der Waals surface area contributed by atoms with Gasteiger partial charge < -0.3 is 9.47 Å². The van der Waals surface area contributed by atoms with E-state index in [0.717, 1.165) is 50.0 Å². The van der Waals surface area contributed by atoms with Crippen molar-refractivity contribution in [2.24, 2.45) is 0 Å². The third-order valence-electron chi connectivity index (χ3n) is 3.85. The third kappa shape index (κ3) is 3.69. The molecule has 0 bridgehead atoms. The number of ether oxygens (including phenoxy) is 2. The highest BCUT2D eigenvalue weighted by Gasteiger charge is 2.22. The summed E-state index contributed by atoms with van der Waals surface area (Å²) in [6.07, 6.45) is 8.55. The van der Waals surface area contributed by atoms with E-state index in [1.807, 2.05) is 0 Å². The lowest BCUT2D eigenvalue weighted by Gasteiger charge is -2.25. The number of Topliss-reactive ketones (excluding diaryl/α,β-unsaturated/α-hetero) is 1. The molecule has 0 spiro atoms. The summed E-state index contributed by atoms with van der Waals surface area (Å²) in [5, 5.41) is 0. The quantitative estimate of drug-likeness (QED) is 0.762. The number of ketones is 1. The van der Waals surface area contributed by atoms with Gasteiger partial charge in [-0.15, -0.1) is 0 Å². The molecular formula is C16H24O3. The van der Waals surface area contributed by atoms with Gasteiger partial charge in [0, 0.05) is 6.61 Å². The van der Waals surface area contributed by atoms with Crippen LogP contribution in [-0.4, -0.2) is 25.1 Å². The Morgan fingerprint density at radius 1 is 1.47 bits per heavy atom. The molecule has 2 aliphatic rings. The molecule has 0 aromatic carbocycles. The van der Waals surface area contributed by atoms with Gasteiger partial charge in [0.2, 0.25) is 0 Å². The van der Waals surface area contributed by atoms with Crippen LogP contribution in [0, 0.1) is 0 Å². The van der Waals surface area contributed by atoms with Crippen molar-refractivity contribution in [3.05, 3.63) is 23.0 Å². The zero-order valence-electron chi connectivity index (χ0n) is 12.0. The molecule has 3 nitrogen and oxygen atoms in total. The first-order valence-corrected chi connectivity index (χ1v) is 7.40. The Morgan fingerprint density at radius 2 is 2.32 bits per heavy atom. The number of carbonyl (C=O) groups is 1. The second-order valence-electron chi connectivity index (χ2n) is 5.29. The summed E-state index contributed by atoms with van der Waals surface area (Å²) in [4.78, 5) is 11.8. The van der Waals surface area contributed by atoms with E-state index < -0.39 is 0 Å². The SMILES string of the molecule is CCC1=C(C(C)=O)C(OCC2CCCCO2)=CCC1. The van der Waals surface area contributed by atoms with Crippen LogP contribution in [0.25, 0.3) is 0 Å². The number of hydrogen-bond donors (Lipinski definition) is 0. The fraction of sp³-hybridized carbons (Fsp3) is 0.688. The predicted octanol–water partition coefficient (Wildman–Crippen LogP) is 3.55. The molecule has 1 aliphatic carbocycles. The Morgan fingerprint density at radius 3 is 2.95 bits per heavy atom. The normalized spacial score (nSPS) is 24.1. The molecule has 2 rings (SSSR count). The van der Waals surface area contributed by atoms with Gasteiger partial charge in [-0.3, -0.25) is 4.79 Å². The van der Waals surface area contributed by atoms with Gasteiger partial charge in [-0.25, -0.2) is 0 Å². The van der Waals surface area contributed by atoms with Crippen LogP contribution in [-0.2, 0) is 14.3 Å². The molecule has 1 unspecified atom stereocenters. The van der Waals surface area contributed by atoms with E-state index in [1.165, 1.54) is 12.0 Å². The second-order valence-corrected chi connectivity index (χ2v) is 5.29. The molecule has 0 amide bonds. The fourth-order valence-electron chi connectivity index (χ4n) is 2.81. The van der Waals surface area contributed by atoms with Crippen molar-refractivity contribution in [2.75, 3.05) is 13.2 Å². The van der Waals surface area contributed by atoms with Crippen LogP contribution in [0.1, 0.15) is 52.4 Å². The number of carbonyl (C=O) groups excluding carboxylic acids is 1. The zero-order valence-corrected chi connectivity index (χ0v) is 12.0. The first-order valence-electron chi connectivity index (χ1n) is 7.40. The minimum absolute atomic E-state index is 0.118. The Labute approximate surface area is 115 Å². The first-order chi connectivity index (χ1) is 9.22. The van der Waals surface area contributed by atoms with E-state index in [-0.39, 0.29) is 11.9 Å². The minimum Gasteiger partial charge on any atom is -0.490 e. The van der Waals surface area contributed by atoms with Crippen molar-refractivity contribution in [3.8, 4) is 0 Å². The zero-order chi connectivity index (χ0) is 13.7. The monoisotopic (exact) mass is 264 g/mol. The highest BCUT2D eigenvalue weighted by Crippen LogP contribution is 2.29. The number of rotatable bonds is 5. The summed E-state index contributed by atoms with van der Waals surface area (Å²) in [7, 11) is 0. The molecule has 19 heavy (non-hydrogen) atoms. The Bertz CT molecular complexity index is 387. The lowest BCUT2D eigenvalue weighted by molar-refractivity contribution is -0.114. The average Bonchev–Trinajstić information content (AvgIpc) is 2.45. The Hall–Kier alpha value is -1.09. The van der Waals surface area contributed by atoms with Crippen molar-refractivity contribution in [1.82, 2.24) is 0 Å². The maximum atomic E-state index is 11.8. The second kappa shape index (κ2) is 6.90. The Kier molecular flexibility index (Phi) is 5.20. The molecule has 3 heteroatoms. The molecular weight excluding hydrogens is 240 g/mol. The average molecular weight is 264 g/mol. The largest absolute Gasteiger partial charge is 0.490 e. The topological polar surface area (TPSA) is 35.5 Å². The molecule has 1 atom stereocenters. The van der Waals surface area contributed by atoms with E-state index in [2.05, 4.69) is 13.0 Å². The van der Waals surface area contributed by atoms with Crippen LogP contribution in [0.15, 0.2) is 23.0 Å². The lowest BCUT2D eigenvalue weighted by Crippen LogP contribution is -2.25. The molecule has 1 heterocycles. The summed E-state index contributed by atoms with van der Waals surface area (Å²) < 4.78 is 11.6. The van der Waals surface area contributed by atoms with Gasteiger partial charge in [0.1, 0.15) is 12.4 Å². The smallest absolute Gasteiger partial charge is 0.163 e. The van der Waals surface area contributed by atoms with Gasteiger partial charge in [0.05, 0.1) is 11.7 Å². The standard InChI is InChI=1S/C16H24O3/c1-3-13-7-6-9-15(16(13)12(2)17)19-11-14-8-4-5-10-18-14/h9,14H,3-8,10-11H2,1-2H3. The first kappa shape index (κ1) is 14.3. The van der Waals surface area contributed by atoms with Gasteiger partial charge in [-0.2, -0.15) is 0 Å². The van der Waals surface area contributed by atoms with Crippen LogP contribution in [0.5, 0.6) is 0 Å². The van der Waals surface area contributed by atoms with Gasteiger partial charge in [-0.05, 0) is 51.5 Å². The highest BCUT2D eigenvalue weighted by atomic mass is 16.5. The van der Waals surface area contributed by atoms with E-state index in [0.29, 0.717) is 6.61 Å². The van der Waals surface area contributed by atoms with Crippen LogP contribution < -0.4 is 0 Å². The van der Waals surface area contributed by atoms with Crippen molar-refractivity contribution in [2.45, 2.75) is 58.5 Å². The van der Waals surface area contributed by atoms with E-state index in [9.17, 15) is 4.79 Å². The van der Waals surface area contributed by atoms with Gasteiger partial charge in [0.15, 0.2) is 5.78 Å². The molecule has 1 fully saturated rings. The molecule has 0 N–H and O–H groups in total. The summed E-state index contributed by atoms with van der Waals surface area (Å²) in [6, 6.07) is 0. The van der Waals surface area contributed by atoms with Gasteiger partial charge in [-0.1, -0.05) is 12.5 Å². The van der Waals surface area contributed by atoms with Crippen LogP contribution in [0.2, 0.25) is 0 Å². The van der Waals surface area contributed by atoms with E-state index >= 15 is 0 Å². The number of hydrogen-bond acceptors (Lipinski definition) is 3. The van der Waals surface area contributed by atoms with Crippen molar-refractivity contribution >= 4 is 5.78 Å². The molecule has 0 saturated carbocycles. The number of allylic oxidation sites excluding steroid dienone is 3. The Balaban J connectivity index is 1.99. The van der Waals surface area contributed by atoms with Crippen LogP contribution in [0.3, 0.4) is 0 Å². The summed E-state index contributed by atoms with van der Waals surface area (Å²) in [5.74, 6) is 0.900. The molecule has 1 aliphatic heterocycles. The van der Waals surface area contributed by atoms with Gasteiger partial charge in [0.25, 0.3) is 0 Å². The van der Waals surface area contributed by atoms with Crippen LogP contribution >= 0.6 is 0 Å². The van der Waals surface area contributed by atoms with Crippen molar-refractivity contribution in [1.29, 1.82) is 0 Å². The summed E-state index contributed by atoms with van der Waals surface area (Å²) >= 11 is 0. The summed E-state index contributed by atoms with van der Waals surface area (Å²) in [5.41, 5.74) is 2.04. The maximum absolute atomic E-state index is 11.8. The maximum Gasteiger partial charge on any atom is 0.163 e. The van der Waals surface area contributed by atoms with E-state index in [4.69, 9.17) is 9.47 Å². The van der Waals surface area contributed by atoms with E-state index in [1.54, 1.807) is 6.92 Å². The molecule has 106 valence electrons. The van der Waals surface area contributed by atoms with Crippen LogP contribution in [0.4, 0.5) is 0 Å². The molecule has 0 aromatic rings. The minimum atomic E-state index is 0.118. The highest BCUT2D eigenvalue weighted by molar-refractivity contribution is 5.98. The molecule has 0 aromatic heterocycles.